The van der Waals surface area contributed by atoms with E-state index in [4.69, 9.17) is 11.5 Å². The predicted octanol–water partition coefficient (Wildman–Crippen LogP) is 7.25. The molecule has 13 unspecified atom stereocenters. The van der Waals surface area contributed by atoms with Gasteiger partial charge in [-0.1, -0.05) is 111 Å². The number of hydrogen-bond acceptors (Lipinski definition) is 14. The molecule has 0 aromatic carbocycles. The number of fused-ring (bicyclic) bond motifs is 1. The fourth-order valence-electron chi connectivity index (χ4n) is 21.3. The minimum atomic E-state index is -1.02. The maximum atomic E-state index is 15.6. The lowest BCUT2D eigenvalue weighted by Gasteiger charge is -2.51. The number of allylic oxidation sites excluding steroid dienone is 5. The number of likely N-dealkylation sites (N-methyl/N-ethyl adjacent to an activating group) is 3. The molecule has 10 rings (SSSR count). The fourth-order valence-corrected chi connectivity index (χ4v) is 21.3. The number of hydrogen-bond donors (Lipinski definition) is 10. The number of piperidine rings is 1. The van der Waals surface area contributed by atoms with Gasteiger partial charge in [0.2, 0.25) is 35.4 Å². The van der Waals surface area contributed by atoms with Crippen molar-refractivity contribution in [1.82, 2.24) is 51.1 Å². The van der Waals surface area contributed by atoms with Crippen LogP contribution in [0.4, 0.5) is 4.79 Å². The van der Waals surface area contributed by atoms with Gasteiger partial charge >= 0.3 is 12.0 Å². The van der Waals surface area contributed by atoms with Crippen LogP contribution in [-0.2, 0) is 33.6 Å². The van der Waals surface area contributed by atoms with Crippen LogP contribution in [0.2, 0.25) is 0 Å². The van der Waals surface area contributed by atoms with Gasteiger partial charge < -0.3 is 62.3 Å². The second-order valence-corrected chi connectivity index (χ2v) is 34.4. The largest absolute Gasteiger partial charge is 0.480 e. The van der Waals surface area contributed by atoms with Gasteiger partial charge in [0.1, 0.15) is 30.1 Å². The van der Waals surface area contributed by atoms with Crippen molar-refractivity contribution >= 4 is 47.4 Å². The minimum absolute atomic E-state index is 0.00348. The SMILES string of the molecule is CCC1CCCC1(N(C)C(=O)[C@@H](NC(=O)[C@H](C(C)C)N(C)CCC1=CCC(CN(C)C(=O)C2(NC(N)[C@@H](NC(O)CCCCCN3C(=O)CCC3O)C(C)C)CC2CCNC(N)=O)CC1)C(C)C)C1(CC(=O)N2CCC3CC32C2(C3(C(=O)N[C@@H](CC4C=CC=CC4)C(=O)O)CC3)CC2C)CC1. The van der Waals surface area contributed by atoms with E-state index in [0.717, 1.165) is 103 Å². The molecule has 17 atom stereocenters. The molecule has 8 amide bonds. The molecule has 8 aliphatic carbocycles. The van der Waals surface area contributed by atoms with Crippen LogP contribution in [-0.4, -0.2) is 201 Å². The lowest BCUT2D eigenvalue weighted by atomic mass is 9.68. The molecule has 566 valence electrons. The van der Waals surface area contributed by atoms with Gasteiger partial charge in [0.25, 0.3) is 0 Å². The Morgan fingerprint density at radius 2 is 1.57 bits per heavy atom. The molecular formula is C78H128N12O11. The molecule has 0 radical (unpaired) electrons. The summed E-state index contributed by atoms with van der Waals surface area (Å²) < 4.78 is 0. The molecule has 0 aromatic heterocycles. The Balaban J connectivity index is 0.733. The number of carboxylic acid groups (broad SMARTS) is 1. The Kier molecular flexibility index (Phi) is 24.5. The van der Waals surface area contributed by atoms with Crippen LogP contribution in [0.25, 0.3) is 0 Å². The Morgan fingerprint density at radius 1 is 0.842 bits per heavy atom. The number of carbonyl (C=O) groups excluding carboxylic acids is 7. The summed E-state index contributed by atoms with van der Waals surface area (Å²) in [5, 5.41) is 47.6. The number of carboxylic acids is 1. The molecule has 12 N–H and O–H groups in total. The van der Waals surface area contributed by atoms with E-state index in [1.54, 1.807) is 0 Å². The maximum Gasteiger partial charge on any atom is 0.326 e. The first-order chi connectivity index (χ1) is 47.9. The number of aliphatic carboxylic acids is 1. The van der Waals surface area contributed by atoms with E-state index in [9.17, 15) is 44.1 Å². The third-order valence-corrected chi connectivity index (χ3v) is 27.1. The van der Waals surface area contributed by atoms with Crippen LogP contribution in [0.15, 0.2) is 36.0 Å². The minimum Gasteiger partial charge on any atom is -0.480 e. The summed E-state index contributed by atoms with van der Waals surface area (Å²) in [6.07, 6.45) is 26.5. The normalized spacial score (nSPS) is 32.0. The number of aliphatic hydroxyl groups is 2. The standard InChI is InChI=1S/C78H128N12O11/c1-12-55-22-19-33-77(55,73(34-35-73)46-62(94)90-41-32-57-45-78(57,90)76(43-51(76)8)74(36-37-74)70(99)82-58(69(97)98)42-53-20-15-13-16-21-53)88(11)68(96)64(49(4)5)84-67(95)65(50(6)7)86(9)40-31-52-24-26-54(27-25-52)47-87(10)71(100)75(44-56(75)30-38-81-72(80)101)85-66(79)63(48(2)3)83-59(91)23-17-14-18-39-89-60(92)28-29-61(89)93/h13,15-16,20,24,48-51,53-60,63-66,83,85,91-92H,12,14,17-19,21-23,25-47,79H2,1-11H3,(H,82,99)(H,84,95)(H,97,98)(H3,80,81,101)/t51?,53?,54?,55?,56?,57?,58-,59?,60?,63-,64-,65-,66?,75?,76?,77?,78?/m0/s1. The highest BCUT2D eigenvalue weighted by Gasteiger charge is 2.88. The lowest BCUT2D eigenvalue weighted by Crippen LogP contribution is -2.64. The van der Waals surface area contributed by atoms with Gasteiger partial charge in [0.15, 0.2) is 0 Å². The van der Waals surface area contributed by atoms with Crippen molar-refractivity contribution in [3.05, 3.63) is 36.0 Å². The Labute approximate surface area is 602 Å². The number of carbonyl (C=O) groups is 8. The van der Waals surface area contributed by atoms with Crippen molar-refractivity contribution in [1.29, 1.82) is 0 Å². The van der Waals surface area contributed by atoms with Crippen LogP contribution in [0.3, 0.4) is 0 Å². The van der Waals surface area contributed by atoms with Crippen LogP contribution >= 0.6 is 0 Å². The first-order valence-electron chi connectivity index (χ1n) is 39.3. The molecule has 6 saturated carbocycles. The molecule has 2 aliphatic heterocycles. The van der Waals surface area contributed by atoms with Crippen molar-refractivity contribution in [2.24, 2.45) is 81.0 Å². The van der Waals surface area contributed by atoms with Gasteiger partial charge in [0.05, 0.1) is 28.7 Å². The quantitative estimate of drug-likeness (QED) is 0.0165. The Hall–Kier alpha value is -5.46. The number of amides is 8. The maximum absolute atomic E-state index is 15.6. The van der Waals surface area contributed by atoms with Gasteiger partial charge in [0, 0.05) is 83.0 Å². The number of primary amides is 1. The molecule has 23 heteroatoms. The van der Waals surface area contributed by atoms with Crippen LogP contribution in [0, 0.1) is 69.5 Å². The van der Waals surface area contributed by atoms with Gasteiger partial charge in [-0.2, -0.15) is 0 Å². The molecular weight excluding hydrogens is 1280 g/mol. The summed E-state index contributed by atoms with van der Waals surface area (Å²) in [6, 6.07) is -3.31. The van der Waals surface area contributed by atoms with Crippen LogP contribution in [0.1, 0.15) is 222 Å². The fraction of sp³-hybridized carbons (Fsp3) is 0.821. The number of nitrogens with one attached hydrogen (secondary N) is 5. The van der Waals surface area contributed by atoms with Crippen molar-refractivity contribution < 1.29 is 53.7 Å². The topological polar surface area (TPSA) is 326 Å². The van der Waals surface area contributed by atoms with Gasteiger partial charge in [-0.15, -0.1) is 0 Å². The zero-order valence-corrected chi connectivity index (χ0v) is 63.0. The highest BCUT2D eigenvalue weighted by atomic mass is 16.4. The smallest absolute Gasteiger partial charge is 0.326 e. The third kappa shape index (κ3) is 15.8. The number of nitrogens with two attached hydrogens (primary N) is 2. The molecule has 0 aromatic rings. The van der Waals surface area contributed by atoms with Crippen LogP contribution in [0.5, 0.6) is 0 Å². The predicted molar refractivity (Wildman–Crippen MR) is 388 cm³/mol. The summed E-state index contributed by atoms with van der Waals surface area (Å²) in [5.41, 5.74) is 10.2. The van der Waals surface area contributed by atoms with Gasteiger partial charge in [-0.25, -0.2) is 9.59 Å². The van der Waals surface area contributed by atoms with E-state index < -0.39 is 81.6 Å². The molecule has 0 spiro atoms. The molecule has 2 saturated heterocycles. The van der Waals surface area contributed by atoms with E-state index >= 15 is 9.59 Å². The third-order valence-electron chi connectivity index (χ3n) is 27.1. The average Bonchev–Trinajstić information content (AvgIpc) is 1.45. The number of rotatable bonds is 39. The van der Waals surface area contributed by atoms with Crippen molar-refractivity contribution in [3.8, 4) is 0 Å². The summed E-state index contributed by atoms with van der Waals surface area (Å²) in [4.78, 5) is 122. The number of unbranched alkanes of at least 4 members (excludes halogenated alkanes) is 2. The van der Waals surface area contributed by atoms with E-state index in [1.807, 2.05) is 82.9 Å². The lowest BCUT2D eigenvalue weighted by molar-refractivity contribution is -0.152. The first-order valence-corrected chi connectivity index (χ1v) is 39.3. The second kappa shape index (κ2) is 31.7. The van der Waals surface area contributed by atoms with E-state index in [1.165, 1.54) is 10.5 Å². The van der Waals surface area contributed by atoms with E-state index in [-0.39, 0.29) is 88.8 Å². The van der Waals surface area contributed by atoms with Gasteiger partial charge in [-0.3, -0.25) is 44.3 Å². The van der Waals surface area contributed by atoms with E-state index in [0.29, 0.717) is 103 Å². The first kappa shape index (κ1) is 78.1. The number of urea groups is 1. The zero-order valence-electron chi connectivity index (χ0n) is 63.0. The summed E-state index contributed by atoms with van der Waals surface area (Å²) in [5.74, 6) is -0.863. The Morgan fingerprint density at radius 3 is 2.15 bits per heavy atom. The summed E-state index contributed by atoms with van der Waals surface area (Å²) >= 11 is 0. The highest BCUT2D eigenvalue weighted by molar-refractivity contribution is 5.93. The molecule has 23 nitrogen and oxygen atoms in total. The zero-order chi connectivity index (χ0) is 73.3. The summed E-state index contributed by atoms with van der Waals surface area (Å²) in [6.45, 7) is 19.2. The molecule has 10 aliphatic rings. The monoisotopic (exact) mass is 1410 g/mol. The number of likely N-dealkylation sites (tertiary alicyclic amines) is 2. The van der Waals surface area contributed by atoms with Crippen molar-refractivity contribution in [2.75, 3.05) is 53.9 Å². The van der Waals surface area contributed by atoms with Crippen LogP contribution < -0.4 is 38.1 Å². The average molecular weight is 1410 g/mol. The molecule has 2 heterocycles. The second-order valence-electron chi connectivity index (χ2n) is 34.4. The molecule has 101 heavy (non-hydrogen) atoms. The number of aliphatic hydroxyl groups excluding tert-OH is 2. The number of nitrogens with zero attached hydrogens (tertiary/aromatic N) is 5. The Bertz CT molecular complexity index is 3110. The molecule has 8 fully saturated rings. The summed E-state index contributed by atoms with van der Waals surface area (Å²) in [7, 11) is 5.79. The highest BCUT2D eigenvalue weighted by Crippen LogP contribution is 2.86. The van der Waals surface area contributed by atoms with Crippen molar-refractivity contribution in [2.45, 2.75) is 282 Å². The van der Waals surface area contributed by atoms with E-state index in [2.05, 4.69) is 70.2 Å². The van der Waals surface area contributed by atoms with Gasteiger partial charge in [-0.05, 0) is 189 Å². The molecule has 0 bridgehead atoms. The van der Waals surface area contributed by atoms with Crippen molar-refractivity contribution in [3.63, 3.8) is 0 Å².